The van der Waals surface area contributed by atoms with Crippen molar-refractivity contribution in [3.8, 4) is 0 Å². The predicted octanol–water partition coefficient (Wildman–Crippen LogP) is 2.24. The van der Waals surface area contributed by atoms with Crippen LogP contribution < -0.4 is 5.56 Å². The zero-order chi connectivity index (χ0) is 11.3. The molecule has 1 aliphatic rings. The molecular formula is C11H8BrFN2O. The van der Waals surface area contributed by atoms with Crippen molar-refractivity contribution in [2.24, 2.45) is 0 Å². The third-order valence-electron chi connectivity index (χ3n) is 2.84. The van der Waals surface area contributed by atoms with E-state index in [-0.39, 0.29) is 5.56 Å². The van der Waals surface area contributed by atoms with Crippen molar-refractivity contribution in [2.75, 3.05) is 0 Å². The van der Waals surface area contributed by atoms with Crippen molar-refractivity contribution in [1.82, 2.24) is 9.55 Å². The molecule has 1 aliphatic heterocycles. The third-order valence-corrected chi connectivity index (χ3v) is 3.44. The minimum atomic E-state index is -0.420. The van der Waals surface area contributed by atoms with E-state index in [9.17, 15) is 9.18 Å². The van der Waals surface area contributed by atoms with E-state index in [1.165, 1.54) is 12.1 Å². The quantitative estimate of drug-likeness (QED) is 0.743. The minimum absolute atomic E-state index is 0.141. The molecule has 0 unspecified atom stereocenters. The first kappa shape index (κ1) is 9.96. The van der Waals surface area contributed by atoms with Gasteiger partial charge in [-0.05, 0) is 34.5 Å². The molecule has 2 heterocycles. The monoisotopic (exact) mass is 282 g/mol. The van der Waals surface area contributed by atoms with Crippen molar-refractivity contribution in [3.63, 3.8) is 0 Å². The Morgan fingerprint density at radius 1 is 1.44 bits per heavy atom. The van der Waals surface area contributed by atoms with Crippen LogP contribution in [0.3, 0.4) is 0 Å². The lowest BCUT2D eigenvalue weighted by atomic mass is 10.2. The van der Waals surface area contributed by atoms with E-state index in [2.05, 4.69) is 20.9 Å². The van der Waals surface area contributed by atoms with E-state index in [1.807, 2.05) is 0 Å². The highest BCUT2D eigenvalue weighted by molar-refractivity contribution is 9.10. The highest BCUT2D eigenvalue weighted by Crippen LogP contribution is 2.23. The Morgan fingerprint density at radius 3 is 3.06 bits per heavy atom. The van der Waals surface area contributed by atoms with Crippen LogP contribution in [0.5, 0.6) is 0 Å². The topological polar surface area (TPSA) is 34.9 Å². The van der Waals surface area contributed by atoms with Gasteiger partial charge in [-0.2, -0.15) is 0 Å². The van der Waals surface area contributed by atoms with E-state index in [4.69, 9.17) is 0 Å². The van der Waals surface area contributed by atoms with Gasteiger partial charge in [0, 0.05) is 17.4 Å². The molecule has 0 aliphatic carbocycles. The zero-order valence-electron chi connectivity index (χ0n) is 8.33. The van der Waals surface area contributed by atoms with Gasteiger partial charge in [0.1, 0.15) is 11.6 Å². The first-order valence-electron chi connectivity index (χ1n) is 5.05. The number of rotatable bonds is 0. The van der Waals surface area contributed by atoms with Crippen molar-refractivity contribution in [1.29, 1.82) is 0 Å². The maximum atomic E-state index is 13.2. The van der Waals surface area contributed by atoms with E-state index in [1.54, 1.807) is 4.57 Å². The number of hydrogen-bond donors (Lipinski definition) is 0. The van der Waals surface area contributed by atoms with Crippen molar-refractivity contribution >= 4 is 26.8 Å². The van der Waals surface area contributed by atoms with Gasteiger partial charge in [-0.1, -0.05) is 0 Å². The molecule has 0 saturated carbocycles. The molecule has 0 atom stereocenters. The summed E-state index contributed by atoms with van der Waals surface area (Å²) in [6.45, 7) is 0.686. The smallest absolute Gasteiger partial charge is 0.261 e. The third kappa shape index (κ3) is 1.31. The highest BCUT2D eigenvalue weighted by atomic mass is 79.9. The van der Waals surface area contributed by atoms with Gasteiger partial charge in [-0.25, -0.2) is 9.37 Å². The summed E-state index contributed by atoms with van der Waals surface area (Å²) in [6, 6.07) is 2.59. The molecule has 82 valence electrons. The molecule has 3 rings (SSSR count). The number of aryl methyl sites for hydroxylation is 1. The van der Waals surface area contributed by atoms with E-state index in [0.29, 0.717) is 21.9 Å². The standard InChI is InChI=1S/C11H8BrFN2O/c12-8-5-6(13)4-7-10(8)14-9-2-1-3-15(9)11(7)16/h4-5H,1-3H2. The first-order chi connectivity index (χ1) is 7.66. The Morgan fingerprint density at radius 2 is 2.25 bits per heavy atom. The highest BCUT2D eigenvalue weighted by Gasteiger charge is 2.17. The summed E-state index contributed by atoms with van der Waals surface area (Å²) in [5.41, 5.74) is 0.414. The van der Waals surface area contributed by atoms with Crippen molar-refractivity contribution in [3.05, 3.63) is 38.6 Å². The van der Waals surface area contributed by atoms with Gasteiger partial charge in [-0.3, -0.25) is 9.36 Å². The van der Waals surface area contributed by atoms with E-state index >= 15 is 0 Å². The minimum Gasteiger partial charge on any atom is -0.296 e. The summed E-state index contributed by atoms with van der Waals surface area (Å²) in [5, 5.41) is 0.345. The molecule has 16 heavy (non-hydrogen) atoms. The summed E-state index contributed by atoms with van der Waals surface area (Å²) < 4.78 is 15.4. The van der Waals surface area contributed by atoms with Crippen LogP contribution in [0.2, 0.25) is 0 Å². The van der Waals surface area contributed by atoms with Gasteiger partial charge in [0.05, 0.1) is 10.9 Å². The fourth-order valence-electron chi connectivity index (χ4n) is 2.11. The van der Waals surface area contributed by atoms with E-state index in [0.717, 1.165) is 18.7 Å². The Kier molecular flexibility index (Phi) is 2.10. The number of benzene rings is 1. The Hall–Kier alpha value is -1.23. The number of nitrogens with zero attached hydrogens (tertiary/aromatic N) is 2. The normalized spacial score (nSPS) is 14.4. The second-order valence-corrected chi connectivity index (χ2v) is 4.73. The fourth-order valence-corrected chi connectivity index (χ4v) is 2.63. The average Bonchev–Trinajstić information content (AvgIpc) is 2.68. The predicted molar refractivity (Wildman–Crippen MR) is 62.0 cm³/mol. The Labute approximate surface area is 99.0 Å². The maximum absolute atomic E-state index is 13.2. The summed E-state index contributed by atoms with van der Waals surface area (Å²) in [5.74, 6) is 0.377. The molecule has 1 aromatic carbocycles. The summed E-state index contributed by atoms with van der Waals surface area (Å²) in [6.07, 6.45) is 1.74. The van der Waals surface area contributed by atoms with Crippen LogP contribution in [0.1, 0.15) is 12.2 Å². The van der Waals surface area contributed by atoms with Gasteiger partial charge in [-0.15, -0.1) is 0 Å². The van der Waals surface area contributed by atoms with Crippen LogP contribution in [0.25, 0.3) is 10.9 Å². The molecule has 0 radical (unpaired) electrons. The Bertz CT molecular complexity index is 650. The molecule has 0 bridgehead atoms. The average molecular weight is 283 g/mol. The van der Waals surface area contributed by atoms with Crippen LogP contribution in [0.15, 0.2) is 21.4 Å². The summed E-state index contributed by atoms with van der Waals surface area (Å²) >= 11 is 3.24. The van der Waals surface area contributed by atoms with Gasteiger partial charge < -0.3 is 0 Å². The number of hydrogen-bond acceptors (Lipinski definition) is 2. The zero-order valence-corrected chi connectivity index (χ0v) is 9.92. The van der Waals surface area contributed by atoms with Gasteiger partial charge in [0.15, 0.2) is 0 Å². The maximum Gasteiger partial charge on any atom is 0.261 e. The molecule has 1 aromatic heterocycles. The van der Waals surface area contributed by atoms with Gasteiger partial charge in [0.25, 0.3) is 5.56 Å². The van der Waals surface area contributed by atoms with Gasteiger partial charge in [0.2, 0.25) is 0 Å². The molecule has 0 spiro atoms. The second kappa shape index (κ2) is 3.38. The van der Waals surface area contributed by atoms with Crippen LogP contribution in [0.4, 0.5) is 4.39 Å². The van der Waals surface area contributed by atoms with Crippen molar-refractivity contribution < 1.29 is 4.39 Å². The Balaban J connectivity index is 2.51. The SMILES string of the molecule is O=c1c2cc(F)cc(Br)c2nc2n1CCC2. The molecule has 0 saturated heterocycles. The fraction of sp³-hybridized carbons (Fsp3) is 0.273. The molecular weight excluding hydrogens is 275 g/mol. The van der Waals surface area contributed by atoms with Crippen LogP contribution in [-0.4, -0.2) is 9.55 Å². The molecule has 0 amide bonds. The lowest BCUT2D eigenvalue weighted by Gasteiger charge is -2.06. The molecule has 0 N–H and O–H groups in total. The number of aromatic nitrogens is 2. The number of fused-ring (bicyclic) bond motifs is 2. The van der Waals surface area contributed by atoms with Gasteiger partial charge >= 0.3 is 0 Å². The van der Waals surface area contributed by atoms with Crippen LogP contribution >= 0.6 is 15.9 Å². The van der Waals surface area contributed by atoms with Crippen LogP contribution in [-0.2, 0) is 13.0 Å². The van der Waals surface area contributed by atoms with Crippen molar-refractivity contribution in [2.45, 2.75) is 19.4 Å². The van der Waals surface area contributed by atoms with Crippen LogP contribution in [0, 0.1) is 5.82 Å². The second-order valence-electron chi connectivity index (χ2n) is 3.87. The lowest BCUT2D eigenvalue weighted by Crippen LogP contribution is -2.21. The number of halogens is 2. The summed E-state index contributed by atoms with van der Waals surface area (Å²) in [4.78, 5) is 16.5. The summed E-state index contributed by atoms with van der Waals surface area (Å²) in [7, 11) is 0. The molecule has 3 nitrogen and oxygen atoms in total. The largest absolute Gasteiger partial charge is 0.296 e. The first-order valence-corrected chi connectivity index (χ1v) is 5.84. The van der Waals surface area contributed by atoms with E-state index < -0.39 is 5.82 Å². The lowest BCUT2D eigenvalue weighted by molar-refractivity contribution is 0.628. The molecule has 0 fully saturated rings. The molecule has 5 heteroatoms. The molecule has 2 aromatic rings.